The minimum atomic E-state index is -0.831. The molecule has 1 atom stereocenters. The topological polar surface area (TPSA) is 70.1 Å². The third kappa shape index (κ3) is 4.59. The van der Waals surface area contributed by atoms with Crippen molar-refractivity contribution < 1.29 is 19.4 Å². The van der Waals surface area contributed by atoms with Gasteiger partial charge in [0.2, 0.25) is 5.91 Å². The van der Waals surface area contributed by atoms with Crippen LogP contribution in [0.2, 0.25) is 5.02 Å². The van der Waals surface area contributed by atoms with Crippen molar-refractivity contribution >= 4 is 23.4 Å². The van der Waals surface area contributed by atoms with Crippen LogP contribution in [-0.4, -0.2) is 59.6 Å². The Balaban J connectivity index is 1.78. The van der Waals surface area contributed by atoms with E-state index >= 15 is 0 Å². The number of methoxy groups -OCH3 is 1. The van der Waals surface area contributed by atoms with Gasteiger partial charge in [-0.1, -0.05) is 41.9 Å². The molecule has 1 fully saturated rings. The first-order chi connectivity index (χ1) is 13.0. The number of rotatable bonds is 4. The first-order valence-electron chi connectivity index (χ1n) is 8.60. The highest BCUT2D eigenvalue weighted by molar-refractivity contribution is 6.30. The highest BCUT2D eigenvalue weighted by atomic mass is 35.5. The van der Waals surface area contributed by atoms with E-state index in [1.807, 2.05) is 30.3 Å². The third-order valence-corrected chi connectivity index (χ3v) is 4.67. The van der Waals surface area contributed by atoms with E-state index in [1.54, 1.807) is 23.1 Å². The molecule has 0 saturated carbocycles. The van der Waals surface area contributed by atoms with Crippen LogP contribution in [0.1, 0.15) is 15.9 Å². The van der Waals surface area contributed by atoms with Gasteiger partial charge in [-0.25, -0.2) is 0 Å². The lowest BCUT2D eigenvalue weighted by Crippen LogP contribution is -2.39. The molecule has 0 radical (unpaired) electrons. The minimum absolute atomic E-state index is 0.0711. The van der Waals surface area contributed by atoms with Gasteiger partial charge in [-0.2, -0.15) is 0 Å². The van der Waals surface area contributed by atoms with Gasteiger partial charge in [-0.15, -0.1) is 0 Å². The van der Waals surface area contributed by atoms with Crippen LogP contribution in [-0.2, 0) is 11.3 Å². The Morgan fingerprint density at radius 1 is 1.22 bits per heavy atom. The first-order valence-corrected chi connectivity index (χ1v) is 8.98. The number of benzene rings is 2. The predicted octanol–water partition coefficient (Wildman–Crippen LogP) is 2.19. The Kier molecular flexibility index (Phi) is 5.98. The summed E-state index contributed by atoms with van der Waals surface area (Å²) in [6, 6.07) is 14.3. The van der Waals surface area contributed by atoms with Crippen molar-refractivity contribution in [2.45, 2.75) is 12.6 Å². The lowest BCUT2D eigenvalue weighted by atomic mass is 10.1. The van der Waals surface area contributed by atoms with Crippen LogP contribution in [0.15, 0.2) is 48.5 Å². The van der Waals surface area contributed by atoms with E-state index in [2.05, 4.69) is 0 Å². The Morgan fingerprint density at radius 2 is 1.96 bits per heavy atom. The third-order valence-electron chi connectivity index (χ3n) is 4.44. The van der Waals surface area contributed by atoms with E-state index in [1.165, 1.54) is 12.0 Å². The Hall–Kier alpha value is -2.57. The molecular formula is C20H21ClN2O4. The average Bonchev–Trinajstić information content (AvgIpc) is 2.80. The number of amides is 2. The number of carbonyl (C=O) groups excluding carboxylic acids is 2. The molecule has 0 aromatic heterocycles. The van der Waals surface area contributed by atoms with Crippen LogP contribution in [0.25, 0.3) is 0 Å². The summed E-state index contributed by atoms with van der Waals surface area (Å²) in [7, 11) is 1.45. The highest BCUT2D eigenvalue weighted by Gasteiger charge is 2.31. The smallest absolute Gasteiger partial charge is 0.258 e. The van der Waals surface area contributed by atoms with E-state index in [-0.39, 0.29) is 31.4 Å². The van der Waals surface area contributed by atoms with Gasteiger partial charge in [0.25, 0.3) is 5.91 Å². The summed E-state index contributed by atoms with van der Waals surface area (Å²) >= 11 is 5.95. The zero-order valence-electron chi connectivity index (χ0n) is 15.0. The highest BCUT2D eigenvalue weighted by Crippen LogP contribution is 2.25. The summed E-state index contributed by atoms with van der Waals surface area (Å²) in [5.74, 6) is -0.256. The monoisotopic (exact) mass is 388 g/mol. The first kappa shape index (κ1) is 19.2. The number of nitrogens with zero attached hydrogens (tertiary/aromatic N) is 2. The van der Waals surface area contributed by atoms with Crippen molar-refractivity contribution in [1.82, 2.24) is 9.80 Å². The minimum Gasteiger partial charge on any atom is -0.496 e. The molecule has 0 bridgehead atoms. The predicted molar refractivity (Wildman–Crippen MR) is 102 cm³/mol. The Labute approximate surface area is 162 Å². The molecule has 1 heterocycles. The fourth-order valence-electron chi connectivity index (χ4n) is 3.12. The maximum Gasteiger partial charge on any atom is 0.258 e. The molecule has 1 aliphatic rings. The van der Waals surface area contributed by atoms with Gasteiger partial charge >= 0.3 is 0 Å². The molecule has 0 aliphatic carbocycles. The number of halogens is 1. The molecule has 1 saturated heterocycles. The van der Waals surface area contributed by atoms with Crippen molar-refractivity contribution in [3.05, 3.63) is 64.7 Å². The fraction of sp³-hybridized carbons (Fsp3) is 0.300. The van der Waals surface area contributed by atoms with E-state index in [4.69, 9.17) is 16.3 Å². The van der Waals surface area contributed by atoms with Crippen LogP contribution >= 0.6 is 11.6 Å². The lowest BCUT2D eigenvalue weighted by Gasteiger charge is -2.22. The summed E-state index contributed by atoms with van der Waals surface area (Å²) in [4.78, 5) is 28.5. The standard InChI is InChI=1S/C20H21ClN2O4/c1-27-18-9-15(21)7-8-17(18)20(26)23-12-16(24)11-22(19(25)13-23)10-14-5-3-2-4-6-14/h2-9,16,24H,10-13H2,1H3. The molecule has 142 valence electrons. The van der Waals surface area contributed by atoms with Crippen molar-refractivity contribution in [2.24, 2.45) is 0 Å². The van der Waals surface area contributed by atoms with E-state index in [0.29, 0.717) is 22.9 Å². The van der Waals surface area contributed by atoms with Crippen molar-refractivity contribution in [3.63, 3.8) is 0 Å². The van der Waals surface area contributed by atoms with Crippen molar-refractivity contribution in [2.75, 3.05) is 26.7 Å². The molecule has 27 heavy (non-hydrogen) atoms. The number of β-amino-alcohol motifs (C(OH)–C–C–N with tert-alkyl or cyclic N) is 1. The SMILES string of the molecule is COc1cc(Cl)ccc1C(=O)N1CC(=O)N(Cc2ccccc2)CC(O)C1. The van der Waals surface area contributed by atoms with Gasteiger partial charge in [0.05, 0.1) is 18.8 Å². The van der Waals surface area contributed by atoms with Crippen molar-refractivity contribution in [3.8, 4) is 5.75 Å². The van der Waals surface area contributed by atoms with Crippen LogP contribution < -0.4 is 4.74 Å². The maximum atomic E-state index is 12.9. The van der Waals surface area contributed by atoms with E-state index in [9.17, 15) is 14.7 Å². The zero-order valence-corrected chi connectivity index (χ0v) is 15.7. The molecule has 1 unspecified atom stereocenters. The quantitative estimate of drug-likeness (QED) is 0.871. The summed E-state index contributed by atoms with van der Waals surface area (Å²) in [5, 5.41) is 10.8. The van der Waals surface area contributed by atoms with Gasteiger partial charge in [0.1, 0.15) is 12.3 Å². The second-order valence-corrected chi connectivity index (χ2v) is 6.88. The Bertz CT molecular complexity index is 828. The number of aliphatic hydroxyl groups excluding tert-OH is 1. The second-order valence-electron chi connectivity index (χ2n) is 6.44. The number of carbonyl (C=O) groups is 2. The van der Waals surface area contributed by atoms with Crippen LogP contribution in [0.5, 0.6) is 5.75 Å². The van der Waals surface area contributed by atoms with Gasteiger partial charge in [-0.3, -0.25) is 9.59 Å². The number of hydrogen-bond donors (Lipinski definition) is 1. The molecule has 3 rings (SSSR count). The molecular weight excluding hydrogens is 368 g/mol. The summed E-state index contributed by atoms with van der Waals surface area (Å²) in [6.45, 7) is 0.536. The fourth-order valence-corrected chi connectivity index (χ4v) is 3.28. The molecule has 1 aliphatic heterocycles. The summed E-state index contributed by atoms with van der Waals surface area (Å²) in [6.07, 6.45) is -0.831. The molecule has 2 aromatic carbocycles. The summed E-state index contributed by atoms with van der Waals surface area (Å²) < 4.78 is 5.23. The normalized spacial score (nSPS) is 17.6. The maximum absolute atomic E-state index is 12.9. The van der Waals surface area contributed by atoms with E-state index < -0.39 is 6.10 Å². The molecule has 7 heteroatoms. The van der Waals surface area contributed by atoms with Gasteiger partial charge in [0.15, 0.2) is 0 Å². The number of ether oxygens (including phenoxy) is 1. The Morgan fingerprint density at radius 3 is 2.67 bits per heavy atom. The van der Waals surface area contributed by atoms with Crippen molar-refractivity contribution in [1.29, 1.82) is 0 Å². The molecule has 2 aromatic rings. The largest absolute Gasteiger partial charge is 0.496 e. The van der Waals surface area contributed by atoms with Gasteiger partial charge in [-0.05, 0) is 23.8 Å². The second kappa shape index (κ2) is 8.41. The van der Waals surface area contributed by atoms with Crippen LogP contribution in [0, 0.1) is 0 Å². The molecule has 1 N–H and O–H groups in total. The number of aliphatic hydroxyl groups is 1. The van der Waals surface area contributed by atoms with Crippen LogP contribution in [0.3, 0.4) is 0 Å². The lowest BCUT2D eigenvalue weighted by molar-refractivity contribution is -0.131. The molecule has 0 spiro atoms. The molecule has 2 amide bonds. The van der Waals surface area contributed by atoms with E-state index in [0.717, 1.165) is 5.56 Å². The number of hydrogen-bond acceptors (Lipinski definition) is 4. The molecule has 6 nitrogen and oxygen atoms in total. The van der Waals surface area contributed by atoms with Crippen LogP contribution in [0.4, 0.5) is 0 Å². The van der Waals surface area contributed by atoms with Gasteiger partial charge in [0, 0.05) is 24.7 Å². The summed E-state index contributed by atoms with van der Waals surface area (Å²) in [5.41, 5.74) is 1.27. The average molecular weight is 389 g/mol. The zero-order chi connectivity index (χ0) is 19.4. The van der Waals surface area contributed by atoms with Gasteiger partial charge < -0.3 is 19.6 Å².